The highest BCUT2D eigenvalue weighted by Gasteiger charge is 2.12. The second-order valence-corrected chi connectivity index (χ2v) is 4.24. The molecule has 2 heterocycles. The minimum atomic E-state index is -0.226. The van der Waals surface area contributed by atoms with Gasteiger partial charge in [-0.05, 0) is 20.8 Å². The number of rotatable bonds is 4. The van der Waals surface area contributed by atoms with Crippen LogP contribution in [-0.2, 0) is 13.1 Å². The number of amides is 1. The van der Waals surface area contributed by atoms with E-state index in [0.29, 0.717) is 12.2 Å². The molecule has 0 aliphatic rings. The third-order valence-corrected chi connectivity index (χ3v) is 3.05. The van der Waals surface area contributed by atoms with E-state index in [-0.39, 0.29) is 5.91 Å². The van der Waals surface area contributed by atoms with Crippen LogP contribution in [0.25, 0.3) is 0 Å². The van der Waals surface area contributed by atoms with Crippen LogP contribution in [0.3, 0.4) is 0 Å². The van der Waals surface area contributed by atoms with Gasteiger partial charge in [0.15, 0.2) is 0 Å². The Labute approximate surface area is 111 Å². The van der Waals surface area contributed by atoms with Crippen LogP contribution in [0.1, 0.15) is 34.4 Å². The molecular weight excluding hydrogens is 242 g/mol. The highest BCUT2D eigenvalue weighted by atomic mass is 16.1. The molecule has 0 aliphatic carbocycles. The lowest BCUT2D eigenvalue weighted by Crippen LogP contribution is -2.24. The number of carbonyl (C=O) groups is 1. The number of hydrogen-bond acceptors (Lipinski definition) is 4. The van der Waals surface area contributed by atoms with E-state index < -0.39 is 0 Å². The lowest BCUT2D eigenvalue weighted by molar-refractivity contribution is 0.0945. The fourth-order valence-electron chi connectivity index (χ4n) is 1.97. The minimum absolute atomic E-state index is 0.226. The molecule has 0 unspecified atom stereocenters. The average molecular weight is 259 g/mol. The van der Waals surface area contributed by atoms with Crippen molar-refractivity contribution >= 4 is 5.91 Å². The molecule has 0 aliphatic heterocycles. The monoisotopic (exact) mass is 259 g/mol. The molecule has 0 aromatic carbocycles. The number of nitrogens with one attached hydrogen (secondary N) is 1. The molecule has 0 fully saturated rings. The van der Waals surface area contributed by atoms with Crippen LogP contribution in [0.5, 0.6) is 0 Å². The van der Waals surface area contributed by atoms with Gasteiger partial charge >= 0.3 is 0 Å². The van der Waals surface area contributed by atoms with E-state index in [1.807, 2.05) is 25.5 Å². The predicted octanol–water partition coefficient (Wildman–Crippen LogP) is 1.24. The van der Waals surface area contributed by atoms with E-state index in [1.54, 1.807) is 0 Å². The summed E-state index contributed by atoms with van der Waals surface area (Å²) in [5, 5.41) is 7.26. The normalized spacial score (nSPS) is 10.5. The Morgan fingerprint density at radius 1 is 1.37 bits per heavy atom. The van der Waals surface area contributed by atoms with Gasteiger partial charge in [-0.25, -0.2) is 4.98 Å². The summed E-state index contributed by atoms with van der Waals surface area (Å²) in [4.78, 5) is 19.7. The Morgan fingerprint density at radius 2 is 2.16 bits per heavy atom. The van der Waals surface area contributed by atoms with Crippen LogP contribution in [0.4, 0.5) is 0 Å². The first-order valence-corrected chi connectivity index (χ1v) is 6.20. The van der Waals surface area contributed by atoms with E-state index in [2.05, 4.69) is 20.4 Å². The van der Waals surface area contributed by atoms with Crippen LogP contribution in [-0.4, -0.2) is 25.7 Å². The molecule has 2 aromatic heterocycles. The molecule has 1 amide bonds. The van der Waals surface area contributed by atoms with E-state index in [9.17, 15) is 4.79 Å². The van der Waals surface area contributed by atoms with Gasteiger partial charge in [0, 0.05) is 36.7 Å². The summed E-state index contributed by atoms with van der Waals surface area (Å²) in [6.45, 7) is 7.27. The predicted molar refractivity (Wildman–Crippen MR) is 70.6 cm³/mol. The second kappa shape index (κ2) is 5.60. The van der Waals surface area contributed by atoms with Crippen LogP contribution < -0.4 is 5.32 Å². The van der Waals surface area contributed by atoms with Crippen molar-refractivity contribution in [3.8, 4) is 0 Å². The molecule has 2 rings (SSSR count). The third kappa shape index (κ3) is 2.78. The Hall–Kier alpha value is -2.24. The second-order valence-electron chi connectivity index (χ2n) is 4.24. The van der Waals surface area contributed by atoms with Gasteiger partial charge in [-0.2, -0.15) is 5.10 Å². The highest BCUT2D eigenvalue weighted by molar-refractivity contribution is 5.91. The first-order chi connectivity index (χ1) is 9.13. The summed E-state index contributed by atoms with van der Waals surface area (Å²) >= 11 is 0. The highest BCUT2D eigenvalue weighted by Crippen LogP contribution is 2.12. The molecule has 19 heavy (non-hydrogen) atoms. The van der Waals surface area contributed by atoms with Crippen molar-refractivity contribution in [2.45, 2.75) is 33.9 Å². The van der Waals surface area contributed by atoms with Gasteiger partial charge < -0.3 is 5.32 Å². The van der Waals surface area contributed by atoms with E-state index >= 15 is 0 Å². The molecular formula is C13H17N5O. The van der Waals surface area contributed by atoms with Gasteiger partial charge in [0.1, 0.15) is 5.69 Å². The summed E-state index contributed by atoms with van der Waals surface area (Å²) in [6.07, 6.45) is 4.49. The third-order valence-electron chi connectivity index (χ3n) is 3.05. The van der Waals surface area contributed by atoms with Gasteiger partial charge in [-0.3, -0.25) is 14.5 Å². The fourth-order valence-corrected chi connectivity index (χ4v) is 1.97. The zero-order chi connectivity index (χ0) is 13.8. The quantitative estimate of drug-likeness (QED) is 0.896. The molecule has 0 saturated carbocycles. The molecule has 6 heteroatoms. The van der Waals surface area contributed by atoms with E-state index in [1.165, 1.54) is 18.6 Å². The van der Waals surface area contributed by atoms with Crippen molar-refractivity contribution in [1.82, 2.24) is 25.1 Å². The van der Waals surface area contributed by atoms with Crippen molar-refractivity contribution in [3.05, 3.63) is 41.2 Å². The first-order valence-electron chi connectivity index (χ1n) is 6.20. The van der Waals surface area contributed by atoms with E-state index in [4.69, 9.17) is 0 Å². The largest absolute Gasteiger partial charge is 0.346 e. The minimum Gasteiger partial charge on any atom is -0.346 e. The van der Waals surface area contributed by atoms with Gasteiger partial charge in [0.25, 0.3) is 5.91 Å². The molecule has 1 N–H and O–H groups in total. The van der Waals surface area contributed by atoms with Gasteiger partial charge in [0.05, 0.1) is 11.9 Å². The van der Waals surface area contributed by atoms with Crippen molar-refractivity contribution < 1.29 is 4.79 Å². The summed E-state index contributed by atoms with van der Waals surface area (Å²) in [5.74, 6) is -0.226. The number of aryl methyl sites for hydroxylation is 2. The zero-order valence-electron chi connectivity index (χ0n) is 11.3. The Morgan fingerprint density at radius 3 is 2.74 bits per heavy atom. The number of nitrogens with zero attached hydrogens (tertiary/aromatic N) is 4. The van der Waals surface area contributed by atoms with Crippen LogP contribution in [0, 0.1) is 13.8 Å². The topological polar surface area (TPSA) is 72.7 Å². The number of carbonyl (C=O) groups excluding carboxylic acids is 1. The molecule has 100 valence electrons. The molecule has 2 aromatic rings. The summed E-state index contributed by atoms with van der Waals surface area (Å²) in [7, 11) is 0. The Balaban J connectivity index is 2.07. The number of aromatic nitrogens is 4. The average Bonchev–Trinajstić information content (AvgIpc) is 2.72. The van der Waals surface area contributed by atoms with Crippen LogP contribution in [0.15, 0.2) is 18.6 Å². The van der Waals surface area contributed by atoms with E-state index in [0.717, 1.165) is 23.5 Å². The SMILES string of the molecule is CCn1nc(C)c(CNC(=O)c2cnccn2)c1C. The lowest BCUT2D eigenvalue weighted by Gasteiger charge is -2.05. The molecule has 0 saturated heterocycles. The standard InChI is InChI=1S/C13H17N5O/c1-4-18-10(3)11(9(2)17-18)7-16-13(19)12-8-14-5-6-15-12/h5-6,8H,4,7H2,1-3H3,(H,16,19). The van der Waals surface area contributed by atoms with Crippen LogP contribution >= 0.6 is 0 Å². The summed E-state index contributed by atoms with van der Waals surface area (Å²) in [5.41, 5.74) is 3.40. The fraction of sp³-hybridized carbons (Fsp3) is 0.385. The van der Waals surface area contributed by atoms with Crippen molar-refractivity contribution in [3.63, 3.8) is 0 Å². The maximum atomic E-state index is 11.9. The first kappa shape index (κ1) is 13.2. The van der Waals surface area contributed by atoms with Crippen molar-refractivity contribution in [2.24, 2.45) is 0 Å². The van der Waals surface area contributed by atoms with Gasteiger partial charge in [-0.1, -0.05) is 0 Å². The van der Waals surface area contributed by atoms with Crippen LogP contribution in [0.2, 0.25) is 0 Å². The molecule has 0 radical (unpaired) electrons. The van der Waals surface area contributed by atoms with Crippen molar-refractivity contribution in [1.29, 1.82) is 0 Å². The maximum Gasteiger partial charge on any atom is 0.271 e. The maximum absolute atomic E-state index is 11.9. The number of hydrogen-bond donors (Lipinski definition) is 1. The van der Waals surface area contributed by atoms with Crippen molar-refractivity contribution in [2.75, 3.05) is 0 Å². The smallest absolute Gasteiger partial charge is 0.271 e. The summed E-state index contributed by atoms with van der Waals surface area (Å²) < 4.78 is 1.93. The molecule has 0 atom stereocenters. The lowest BCUT2D eigenvalue weighted by atomic mass is 10.2. The zero-order valence-corrected chi connectivity index (χ0v) is 11.3. The molecule has 0 spiro atoms. The molecule has 0 bridgehead atoms. The van der Waals surface area contributed by atoms with Gasteiger partial charge in [0.2, 0.25) is 0 Å². The Bertz CT molecular complexity index is 576. The molecule has 6 nitrogen and oxygen atoms in total. The summed E-state index contributed by atoms with van der Waals surface area (Å²) in [6, 6.07) is 0. The Kier molecular flexibility index (Phi) is 3.89. The van der Waals surface area contributed by atoms with Gasteiger partial charge in [-0.15, -0.1) is 0 Å².